The molecule has 0 bridgehead atoms. The summed E-state index contributed by atoms with van der Waals surface area (Å²) in [6, 6.07) is 35.7. The topological polar surface area (TPSA) is 19.0 Å². The molecule has 6 rings (SSSR count). The third-order valence-corrected chi connectivity index (χ3v) is 6.96. The lowest BCUT2D eigenvalue weighted by Gasteiger charge is -2.40. The van der Waals surface area contributed by atoms with Crippen LogP contribution in [0, 0.1) is 0 Å². The van der Waals surface area contributed by atoms with Gasteiger partial charge in [-0.25, -0.2) is 0 Å². The van der Waals surface area contributed by atoms with Gasteiger partial charge in [-0.05, 0) is 46.9 Å². The minimum absolute atomic E-state index is 0.214. The van der Waals surface area contributed by atoms with E-state index in [4.69, 9.17) is 0 Å². The van der Waals surface area contributed by atoms with Gasteiger partial charge >= 0.3 is 0 Å². The lowest BCUT2D eigenvalue weighted by atomic mass is 9.89. The summed E-state index contributed by atoms with van der Waals surface area (Å²) in [5, 5.41) is 4.04. The molecule has 1 N–H and O–H groups in total. The molecule has 31 heavy (non-hydrogen) atoms. The molecule has 4 aromatic carbocycles. The Kier molecular flexibility index (Phi) is 4.40. The van der Waals surface area contributed by atoms with Crippen LogP contribution in [0.4, 0.5) is 0 Å². The van der Waals surface area contributed by atoms with Crippen molar-refractivity contribution < 1.29 is 0 Å². The van der Waals surface area contributed by atoms with Gasteiger partial charge < -0.3 is 4.98 Å². The van der Waals surface area contributed by atoms with E-state index >= 15 is 0 Å². The lowest BCUT2D eigenvalue weighted by Crippen LogP contribution is -2.38. The van der Waals surface area contributed by atoms with Gasteiger partial charge in [-0.3, -0.25) is 4.90 Å². The van der Waals surface area contributed by atoms with E-state index in [-0.39, 0.29) is 6.04 Å². The number of nitrogens with one attached hydrogen (secondary N) is 1. The van der Waals surface area contributed by atoms with Crippen LogP contribution in [0.3, 0.4) is 0 Å². The Morgan fingerprint density at radius 3 is 2.35 bits per heavy atom. The van der Waals surface area contributed by atoms with Gasteiger partial charge in [-0.15, -0.1) is 0 Å². The molecule has 2 nitrogen and oxygen atoms in total. The van der Waals surface area contributed by atoms with Crippen LogP contribution in [0.25, 0.3) is 21.7 Å². The Balaban J connectivity index is 1.52. The molecule has 0 saturated heterocycles. The van der Waals surface area contributed by atoms with E-state index in [0.717, 1.165) is 13.0 Å². The summed E-state index contributed by atoms with van der Waals surface area (Å²) in [6.45, 7) is 3.41. The number of benzene rings is 4. The zero-order valence-corrected chi connectivity index (χ0v) is 17.8. The molecule has 1 aliphatic rings. The molecule has 2 heteroatoms. The van der Waals surface area contributed by atoms with E-state index in [9.17, 15) is 0 Å². The third-order valence-electron chi connectivity index (χ3n) is 6.96. The normalized spacial score (nSPS) is 17.6. The van der Waals surface area contributed by atoms with Crippen molar-refractivity contribution >= 4 is 21.7 Å². The summed E-state index contributed by atoms with van der Waals surface area (Å²) in [5.41, 5.74) is 6.82. The standard InChI is InChI=1S/C29H26N2/c1-20(23-16-9-13-21-10-5-6-14-24(21)23)31-19-18-26-25-15-7-8-17-27(25)30-28(26)29(31)22-11-3-2-4-12-22/h2-17,20,29-30H,18-19H2,1H3/t20-,29+/m1/s1. The highest BCUT2D eigenvalue weighted by atomic mass is 15.2. The van der Waals surface area contributed by atoms with E-state index in [1.807, 2.05) is 0 Å². The Bertz CT molecular complexity index is 1360. The molecule has 0 saturated carbocycles. The number of aromatic amines is 1. The molecule has 0 radical (unpaired) electrons. The van der Waals surface area contributed by atoms with Crippen LogP contribution >= 0.6 is 0 Å². The highest BCUT2D eigenvalue weighted by Gasteiger charge is 2.34. The number of fused-ring (bicyclic) bond motifs is 4. The fourth-order valence-electron chi connectivity index (χ4n) is 5.46. The van der Waals surface area contributed by atoms with Crippen molar-refractivity contribution in [1.82, 2.24) is 9.88 Å². The third kappa shape index (κ3) is 2.98. The Hall–Kier alpha value is -3.36. The van der Waals surface area contributed by atoms with Crippen molar-refractivity contribution in [3.63, 3.8) is 0 Å². The Morgan fingerprint density at radius 2 is 1.48 bits per heavy atom. The quantitative estimate of drug-likeness (QED) is 0.343. The first kappa shape index (κ1) is 18.4. The van der Waals surface area contributed by atoms with Crippen LogP contribution in [-0.2, 0) is 6.42 Å². The average Bonchev–Trinajstić information content (AvgIpc) is 3.22. The van der Waals surface area contributed by atoms with Gasteiger partial charge in [-0.1, -0.05) is 91.0 Å². The second kappa shape index (κ2) is 7.40. The van der Waals surface area contributed by atoms with E-state index in [1.54, 1.807) is 0 Å². The van der Waals surface area contributed by atoms with Gasteiger partial charge in [0, 0.05) is 29.2 Å². The Labute approximate surface area is 183 Å². The zero-order valence-electron chi connectivity index (χ0n) is 17.8. The summed E-state index contributed by atoms with van der Waals surface area (Å²) in [4.78, 5) is 6.47. The van der Waals surface area contributed by atoms with Crippen LogP contribution in [0.2, 0.25) is 0 Å². The van der Waals surface area contributed by atoms with E-state index < -0.39 is 0 Å². The van der Waals surface area contributed by atoms with Crippen molar-refractivity contribution in [2.75, 3.05) is 6.54 Å². The molecule has 1 aromatic heterocycles. The molecule has 0 fully saturated rings. The van der Waals surface area contributed by atoms with Crippen molar-refractivity contribution in [3.8, 4) is 0 Å². The van der Waals surface area contributed by atoms with Crippen LogP contribution in [-0.4, -0.2) is 16.4 Å². The summed E-state index contributed by atoms with van der Waals surface area (Å²) >= 11 is 0. The summed E-state index contributed by atoms with van der Waals surface area (Å²) in [5.74, 6) is 0. The zero-order chi connectivity index (χ0) is 20.8. The number of hydrogen-bond acceptors (Lipinski definition) is 1. The highest BCUT2D eigenvalue weighted by Crippen LogP contribution is 2.43. The predicted molar refractivity (Wildman–Crippen MR) is 129 cm³/mol. The molecule has 1 aliphatic heterocycles. The van der Waals surface area contributed by atoms with Crippen molar-refractivity contribution in [2.45, 2.75) is 25.4 Å². The van der Waals surface area contributed by atoms with Gasteiger partial charge in [0.1, 0.15) is 0 Å². The number of hydrogen-bond donors (Lipinski definition) is 1. The maximum absolute atomic E-state index is 3.80. The van der Waals surface area contributed by atoms with Crippen molar-refractivity contribution in [1.29, 1.82) is 0 Å². The first-order valence-electron chi connectivity index (χ1n) is 11.2. The molecule has 0 aliphatic carbocycles. The molecule has 0 spiro atoms. The number of nitrogens with zero attached hydrogens (tertiary/aromatic N) is 1. The Morgan fingerprint density at radius 1 is 0.774 bits per heavy atom. The largest absolute Gasteiger partial charge is 0.357 e. The van der Waals surface area contributed by atoms with E-state index in [0.29, 0.717) is 6.04 Å². The summed E-state index contributed by atoms with van der Waals surface area (Å²) in [6.07, 6.45) is 1.07. The maximum Gasteiger partial charge on any atom is 0.0762 e. The van der Waals surface area contributed by atoms with Crippen LogP contribution in [0.15, 0.2) is 97.1 Å². The minimum Gasteiger partial charge on any atom is -0.357 e. The summed E-state index contributed by atoms with van der Waals surface area (Å²) in [7, 11) is 0. The number of H-pyrrole nitrogens is 1. The van der Waals surface area contributed by atoms with Gasteiger partial charge in [-0.2, -0.15) is 0 Å². The molecule has 152 valence electrons. The minimum atomic E-state index is 0.214. The van der Waals surface area contributed by atoms with Gasteiger partial charge in [0.15, 0.2) is 0 Å². The molecule has 0 amide bonds. The number of para-hydroxylation sites is 1. The predicted octanol–water partition coefficient (Wildman–Crippen LogP) is 7.03. The highest BCUT2D eigenvalue weighted by molar-refractivity contribution is 5.87. The average molecular weight is 403 g/mol. The second-order valence-corrected chi connectivity index (χ2v) is 8.61. The number of rotatable bonds is 3. The SMILES string of the molecule is C[C@H](c1cccc2ccccc12)N1CCc2c([nH]c3ccccc23)[C@@H]1c1ccccc1. The lowest BCUT2D eigenvalue weighted by molar-refractivity contribution is 0.156. The van der Waals surface area contributed by atoms with E-state index in [1.165, 1.54) is 44.1 Å². The maximum atomic E-state index is 3.80. The second-order valence-electron chi connectivity index (χ2n) is 8.61. The molecule has 0 unspecified atom stereocenters. The molecular formula is C29H26N2. The van der Waals surface area contributed by atoms with Crippen LogP contribution < -0.4 is 0 Å². The monoisotopic (exact) mass is 402 g/mol. The number of aromatic nitrogens is 1. The van der Waals surface area contributed by atoms with Gasteiger partial charge in [0.25, 0.3) is 0 Å². The van der Waals surface area contributed by atoms with Gasteiger partial charge in [0.2, 0.25) is 0 Å². The summed E-state index contributed by atoms with van der Waals surface area (Å²) < 4.78 is 0. The fraction of sp³-hybridized carbons (Fsp3) is 0.172. The van der Waals surface area contributed by atoms with Gasteiger partial charge in [0.05, 0.1) is 6.04 Å². The van der Waals surface area contributed by atoms with Crippen molar-refractivity contribution in [2.24, 2.45) is 0 Å². The van der Waals surface area contributed by atoms with Crippen LogP contribution in [0.1, 0.15) is 41.4 Å². The molecular weight excluding hydrogens is 376 g/mol. The van der Waals surface area contributed by atoms with E-state index in [2.05, 4.69) is 114 Å². The molecule has 5 aromatic rings. The van der Waals surface area contributed by atoms with Crippen molar-refractivity contribution in [3.05, 3.63) is 119 Å². The fourth-order valence-corrected chi connectivity index (χ4v) is 5.46. The molecule has 2 atom stereocenters. The molecule has 2 heterocycles. The first-order valence-corrected chi connectivity index (χ1v) is 11.2. The smallest absolute Gasteiger partial charge is 0.0762 e. The van der Waals surface area contributed by atoms with Crippen LogP contribution in [0.5, 0.6) is 0 Å². The first-order chi connectivity index (χ1) is 15.3.